The van der Waals surface area contributed by atoms with Crippen LogP contribution in [0.1, 0.15) is 0 Å². The van der Waals surface area contributed by atoms with Crippen molar-refractivity contribution in [2.24, 2.45) is 0 Å². The van der Waals surface area contributed by atoms with E-state index in [-0.39, 0.29) is 12.5 Å². The fourth-order valence-electron chi connectivity index (χ4n) is 2.82. The second-order valence-electron chi connectivity index (χ2n) is 6.81. The van der Waals surface area contributed by atoms with Gasteiger partial charge in [-0.15, -0.1) is 10.2 Å². The highest BCUT2D eigenvalue weighted by atomic mass is 32.1. The first-order chi connectivity index (χ1) is 16.6. The zero-order chi connectivity index (χ0) is 23.8. The summed E-state index contributed by atoms with van der Waals surface area (Å²) in [6.07, 6.45) is 0. The lowest BCUT2D eigenvalue weighted by molar-refractivity contribution is -0.121. The van der Waals surface area contributed by atoms with Crippen molar-refractivity contribution in [1.29, 1.82) is 0 Å². The van der Waals surface area contributed by atoms with Crippen LogP contribution < -0.4 is 20.7 Å². The van der Waals surface area contributed by atoms with Crippen LogP contribution in [0.25, 0.3) is 11.0 Å². The van der Waals surface area contributed by atoms with E-state index in [0.717, 1.165) is 0 Å². The minimum absolute atomic E-state index is 0.0938. The third kappa shape index (κ3) is 6.48. The minimum Gasteiger partial charge on any atom is -0.457 e. The van der Waals surface area contributed by atoms with Gasteiger partial charge in [-0.1, -0.05) is 11.3 Å². The maximum absolute atomic E-state index is 12.0. The third-order valence-electron chi connectivity index (χ3n) is 4.30. The lowest BCUT2D eigenvalue weighted by atomic mass is 10.3. The van der Waals surface area contributed by atoms with Gasteiger partial charge in [-0.3, -0.25) is 15.4 Å². The molecule has 0 bridgehead atoms. The van der Waals surface area contributed by atoms with Crippen molar-refractivity contribution in [2.45, 2.75) is 0 Å². The number of rotatable bonds is 10. The molecule has 176 valence electrons. The average molecular weight is 484 g/mol. The molecule has 4 aromatic rings. The Morgan fingerprint density at radius 3 is 2.62 bits per heavy atom. The number of nitrogens with one attached hydrogen (secondary N) is 4. The fourth-order valence-corrected chi connectivity index (χ4v) is 3.26. The molecule has 0 aliphatic heterocycles. The predicted molar refractivity (Wildman–Crippen MR) is 126 cm³/mol. The number of amides is 3. The summed E-state index contributed by atoms with van der Waals surface area (Å²) in [5.74, 6) is 1.15. The highest BCUT2D eigenvalue weighted by Crippen LogP contribution is 2.26. The van der Waals surface area contributed by atoms with E-state index in [1.807, 2.05) is 0 Å². The van der Waals surface area contributed by atoms with Gasteiger partial charge < -0.3 is 24.5 Å². The Balaban J connectivity index is 1.32. The van der Waals surface area contributed by atoms with Gasteiger partial charge in [0.25, 0.3) is 5.91 Å². The van der Waals surface area contributed by atoms with Gasteiger partial charge >= 0.3 is 6.03 Å². The standard InChI is InChI=1S/C21H21N7O5S/c1-31-8-9-32-11-18(29)26-19-24-16-7-6-15(10-17(16)25-19)33-14-4-2-13(3-5-14)23-20(30)27-21-28-22-12-34-21/h2-7,10,12H,8-9,11H2,1H3,(H2,23,27,28,30)(H2,24,25,26,29). The van der Waals surface area contributed by atoms with Gasteiger partial charge in [-0.2, -0.15) is 0 Å². The molecule has 0 unspecified atom stereocenters. The lowest BCUT2D eigenvalue weighted by Crippen LogP contribution is -2.20. The molecule has 0 spiro atoms. The van der Waals surface area contributed by atoms with Crippen LogP contribution in [0.3, 0.4) is 0 Å². The molecule has 0 atom stereocenters. The summed E-state index contributed by atoms with van der Waals surface area (Å²) in [5.41, 5.74) is 3.48. The number of anilines is 3. The molecule has 0 radical (unpaired) electrons. The number of aromatic nitrogens is 4. The summed E-state index contributed by atoms with van der Waals surface area (Å²) >= 11 is 1.22. The van der Waals surface area contributed by atoms with Crippen LogP contribution in [0.15, 0.2) is 48.0 Å². The molecule has 4 N–H and O–H groups in total. The summed E-state index contributed by atoms with van der Waals surface area (Å²) in [5, 5.41) is 15.8. The van der Waals surface area contributed by atoms with E-state index in [0.29, 0.717) is 52.5 Å². The first-order valence-corrected chi connectivity index (χ1v) is 11.0. The molecule has 0 aliphatic rings. The predicted octanol–water partition coefficient (Wildman–Crippen LogP) is 3.45. The van der Waals surface area contributed by atoms with Crippen molar-refractivity contribution in [2.75, 3.05) is 42.9 Å². The van der Waals surface area contributed by atoms with Crippen LogP contribution in [0.4, 0.5) is 21.6 Å². The number of carbonyl (C=O) groups excluding carboxylic acids is 2. The van der Waals surface area contributed by atoms with E-state index in [1.54, 1.807) is 49.6 Å². The Labute approximate surface area is 197 Å². The Morgan fingerprint density at radius 1 is 1.03 bits per heavy atom. The smallest absolute Gasteiger partial charge is 0.325 e. The maximum atomic E-state index is 12.0. The van der Waals surface area contributed by atoms with Crippen molar-refractivity contribution >= 4 is 51.1 Å². The summed E-state index contributed by atoms with van der Waals surface area (Å²) in [6, 6.07) is 11.8. The highest BCUT2D eigenvalue weighted by Gasteiger charge is 2.09. The second-order valence-corrected chi connectivity index (χ2v) is 7.64. The summed E-state index contributed by atoms with van der Waals surface area (Å²) in [4.78, 5) is 31.3. The van der Waals surface area contributed by atoms with Gasteiger partial charge in [-0.25, -0.2) is 9.78 Å². The largest absolute Gasteiger partial charge is 0.457 e. The maximum Gasteiger partial charge on any atom is 0.325 e. The molecule has 2 heterocycles. The van der Waals surface area contributed by atoms with Gasteiger partial charge in [0.2, 0.25) is 11.1 Å². The summed E-state index contributed by atoms with van der Waals surface area (Å²) < 4.78 is 15.9. The number of carbonyl (C=O) groups is 2. The molecule has 2 aromatic carbocycles. The number of benzene rings is 2. The van der Waals surface area contributed by atoms with Gasteiger partial charge in [0.1, 0.15) is 23.6 Å². The van der Waals surface area contributed by atoms with E-state index in [4.69, 9.17) is 14.2 Å². The molecular weight excluding hydrogens is 462 g/mol. The summed E-state index contributed by atoms with van der Waals surface area (Å²) in [6.45, 7) is 0.656. The molecule has 0 fully saturated rings. The first kappa shape index (κ1) is 23.1. The molecule has 3 amide bonds. The number of aromatic amines is 1. The van der Waals surface area contributed by atoms with Crippen molar-refractivity contribution in [3.8, 4) is 11.5 Å². The summed E-state index contributed by atoms with van der Waals surface area (Å²) in [7, 11) is 1.56. The van der Waals surface area contributed by atoms with Gasteiger partial charge in [0, 0.05) is 18.9 Å². The topological polar surface area (TPSA) is 152 Å². The minimum atomic E-state index is -0.417. The van der Waals surface area contributed by atoms with E-state index < -0.39 is 6.03 Å². The van der Waals surface area contributed by atoms with Gasteiger partial charge in [0.15, 0.2) is 0 Å². The molecule has 34 heavy (non-hydrogen) atoms. The Morgan fingerprint density at radius 2 is 1.85 bits per heavy atom. The fraction of sp³-hybridized carbons (Fsp3) is 0.190. The van der Waals surface area contributed by atoms with Crippen molar-refractivity contribution < 1.29 is 23.8 Å². The van der Waals surface area contributed by atoms with Crippen molar-refractivity contribution in [3.05, 3.63) is 48.0 Å². The molecule has 0 aliphatic carbocycles. The molecule has 12 nitrogen and oxygen atoms in total. The number of urea groups is 1. The van der Waals surface area contributed by atoms with E-state index >= 15 is 0 Å². The van der Waals surface area contributed by atoms with Crippen molar-refractivity contribution in [3.63, 3.8) is 0 Å². The van der Waals surface area contributed by atoms with Gasteiger partial charge in [0.05, 0.1) is 24.2 Å². The number of H-pyrrole nitrogens is 1. The van der Waals surface area contributed by atoms with E-state index in [9.17, 15) is 9.59 Å². The Bertz CT molecular complexity index is 1240. The quantitative estimate of drug-likeness (QED) is 0.250. The number of imidazole rings is 1. The van der Waals surface area contributed by atoms with E-state index in [1.165, 1.54) is 16.8 Å². The zero-order valence-corrected chi connectivity index (χ0v) is 18.8. The zero-order valence-electron chi connectivity index (χ0n) is 18.0. The third-order valence-corrected chi connectivity index (χ3v) is 4.91. The molecule has 0 saturated heterocycles. The molecule has 13 heteroatoms. The molecular formula is C21H21N7O5S. The van der Waals surface area contributed by atoms with Crippen LogP contribution in [0.5, 0.6) is 11.5 Å². The molecule has 2 aromatic heterocycles. The second kappa shape index (κ2) is 11.2. The van der Waals surface area contributed by atoms with Crippen molar-refractivity contribution in [1.82, 2.24) is 20.2 Å². The normalized spacial score (nSPS) is 10.7. The first-order valence-electron chi connectivity index (χ1n) is 10.1. The number of ether oxygens (including phenoxy) is 3. The monoisotopic (exact) mass is 483 g/mol. The number of hydrogen-bond acceptors (Lipinski definition) is 9. The average Bonchev–Trinajstić information content (AvgIpc) is 3.47. The number of nitrogens with zero attached hydrogens (tertiary/aromatic N) is 3. The Hall–Kier alpha value is -4.07. The van der Waals surface area contributed by atoms with Crippen LogP contribution in [-0.4, -0.2) is 59.0 Å². The number of fused-ring (bicyclic) bond motifs is 1. The van der Waals surface area contributed by atoms with E-state index in [2.05, 4.69) is 36.1 Å². The van der Waals surface area contributed by atoms with Gasteiger partial charge in [-0.05, 0) is 36.4 Å². The number of methoxy groups -OCH3 is 1. The highest BCUT2D eigenvalue weighted by molar-refractivity contribution is 7.13. The van der Waals surface area contributed by atoms with Crippen LogP contribution in [0, 0.1) is 0 Å². The lowest BCUT2D eigenvalue weighted by Gasteiger charge is -2.08. The molecule has 0 saturated carbocycles. The molecule has 4 rings (SSSR count). The number of hydrogen-bond donors (Lipinski definition) is 4. The Kier molecular flexibility index (Phi) is 7.60. The SMILES string of the molecule is COCCOCC(=O)Nc1nc2ccc(Oc3ccc(NC(=O)Nc4nncs4)cc3)cc2[nH]1. The van der Waals surface area contributed by atoms with Crippen LogP contribution in [0.2, 0.25) is 0 Å². The van der Waals surface area contributed by atoms with Crippen LogP contribution >= 0.6 is 11.3 Å². The van der Waals surface area contributed by atoms with Crippen LogP contribution in [-0.2, 0) is 14.3 Å².